The predicted octanol–water partition coefficient (Wildman–Crippen LogP) is 14.8. The van der Waals surface area contributed by atoms with Crippen LogP contribution in [0, 0.1) is 0 Å². The number of nitrogens with zero attached hydrogens (tertiary/aromatic N) is 1. The van der Waals surface area contributed by atoms with Crippen molar-refractivity contribution in [2.45, 2.75) is 5.41 Å². The number of rotatable bonds is 7. The second-order valence-electron chi connectivity index (χ2n) is 14.8. The Balaban J connectivity index is 1.12. The minimum Gasteiger partial charge on any atom is -0.455 e. The van der Waals surface area contributed by atoms with Crippen molar-refractivity contribution in [3.05, 3.63) is 247 Å². The van der Waals surface area contributed by atoms with Crippen LogP contribution in [0.4, 0.5) is 17.1 Å². The number of furan rings is 1. The average Bonchev–Trinajstić information content (AvgIpc) is 3.82. The third-order valence-electron chi connectivity index (χ3n) is 11.8. The molecule has 57 heavy (non-hydrogen) atoms. The van der Waals surface area contributed by atoms with Gasteiger partial charge in [-0.2, -0.15) is 0 Å². The van der Waals surface area contributed by atoms with Crippen molar-refractivity contribution in [3.8, 4) is 33.4 Å². The molecule has 1 aliphatic rings. The van der Waals surface area contributed by atoms with Gasteiger partial charge in [-0.25, -0.2) is 0 Å². The average molecular weight is 728 g/mol. The van der Waals surface area contributed by atoms with Crippen LogP contribution in [-0.4, -0.2) is 0 Å². The zero-order valence-electron chi connectivity index (χ0n) is 31.2. The Morgan fingerprint density at radius 2 is 0.895 bits per heavy atom. The van der Waals surface area contributed by atoms with E-state index in [4.69, 9.17) is 4.42 Å². The molecule has 0 saturated heterocycles. The van der Waals surface area contributed by atoms with Gasteiger partial charge in [-0.3, -0.25) is 0 Å². The molecule has 0 amide bonds. The lowest BCUT2D eigenvalue weighted by atomic mass is 9.67. The molecular weight excluding hydrogens is 691 g/mol. The molecule has 0 fully saturated rings. The number of hydrogen-bond acceptors (Lipinski definition) is 2. The van der Waals surface area contributed by atoms with Crippen LogP contribution in [0.15, 0.2) is 229 Å². The summed E-state index contributed by atoms with van der Waals surface area (Å²) in [6.45, 7) is 0. The Labute approximate surface area is 332 Å². The molecule has 11 rings (SSSR count). The maximum atomic E-state index is 6.48. The van der Waals surface area contributed by atoms with E-state index >= 15 is 0 Å². The topological polar surface area (TPSA) is 16.4 Å². The molecule has 0 aliphatic heterocycles. The minimum absolute atomic E-state index is 0.563. The summed E-state index contributed by atoms with van der Waals surface area (Å²) in [4.78, 5) is 2.42. The first-order valence-corrected chi connectivity index (χ1v) is 19.6. The highest BCUT2D eigenvalue weighted by Gasteiger charge is 2.47. The van der Waals surface area contributed by atoms with Crippen molar-refractivity contribution in [3.63, 3.8) is 0 Å². The Hall–Kier alpha value is -7.42. The molecule has 1 heterocycles. The van der Waals surface area contributed by atoms with Crippen LogP contribution in [0.3, 0.4) is 0 Å². The smallest absolute Gasteiger partial charge is 0.143 e. The predicted molar refractivity (Wildman–Crippen MR) is 237 cm³/mol. The van der Waals surface area contributed by atoms with Gasteiger partial charge in [0.2, 0.25) is 0 Å². The quantitative estimate of drug-likeness (QED) is 0.163. The van der Waals surface area contributed by atoms with E-state index in [-0.39, 0.29) is 0 Å². The van der Waals surface area contributed by atoms with Crippen molar-refractivity contribution in [2.24, 2.45) is 0 Å². The van der Waals surface area contributed by atoms with Gasteiger partial charge in [0.1, 0.15) is 11.2 Å². The van der Waals surface area contributed by atoms with E-state index < -0.39 is 5.41 Å². The van der Waals surface area contributed by atoms with Crippen molar-refractivity contribution < 1.29 is 4.42 Å². The van der Waals surface area contributed by atoms with Gasteiger partial charge >= 0.3 is 0 Å². The number of para-hydroxylation sites is 3. The molecule has 1 atom stereocenters. The van der Waals surface area contributed by atoms with Gasteiger partial charge in [0, 0.05) is 33.3 Å². The highest BCUT2D eigenvalue weighted by Crippen LogP contribution is 2.59. The maximum Gasteiger partial charge on any atom is 0.143 e. The number of fused-ring (bicyclic) bond motifs is 6. The van der Waals surface area contributed by atoms with Crippen molar-refractivity contribution in [1.29, 1.82) is 0 Å². The number of hydrogen-bond donors (Lipinski definition) is 0. The third kappa shape index (κ3) is 5.18. The molecule has 2 heteroatoms. The molecule has 2 nitrogen and oxygen atoms in total. The summed E-state index contributed by atoms with van der Waals surface area (Å²) in [5.41, 5.74) is 16.7. The van der Waals surface area contributed by atoms with E-state index in [2.05, 4.69) is 217 Å². The molecule has 10 aromatic rings. The van der Waals surface area contributed by atoms with E-state index in [9.17, 15) is 0 Å². The Kier molecular flexibility index (Phi) is 7.75. The van der Waals surface area contributed by atoms with Crippen LogP contribution >= 0.6 is 0 Å². The molecule has 1 aliphatic carbocycles. The van der Waals surface area contributed by atoms with E-state index in [1.807, 2.05) is 12.1 Å². The summed E-state index contributed by atoms with van der Waals surface area (Å²) in [6.07, 6.45) is 0. The second-order valence-corrected chi connectivity index (χ2v) is 14.8. The molecular formula is C55H37NO. The van der Waals surface area contributed by atoms with Crippen LogP contribution in [0.1, 0.15) is 22.3 Å². The van der Waals surface area contributed by atoms with E-state index in [1.54, 1.807) is 0 Å². The monoisotopic (exact) mass is 727 g/mol. The third-order valence-corrected chi connectivity index (χ3v) is 11.8. The molecule has 0 bridgehead atoms. The number of anilines is 3. The van der Waals surface area contributed by atoms with Crippen LogP contribution in [-0.2, 0) is 5.41 Å². The normalized spacial score (nSPS) is 14.4. The van der Waals surface area contributed by atoms with Gasteiger partial charge < -0.3 is 9.32 Å². The largest absolute Gasteiger partial charge is 0.455 e. The fourth-order valence-electron chi connectivity index (χ4n) is 9.28. The Morgan fingerprint density at radius 3 is 1.68 bits per heavy atom. The molecule has 0 spiro atoms. The lowest BCUT2D eigenvalue weighted by Crippen LogP contribution is -2.28. The molecule has 1 aromatic heterocycles. The summed E-state index contributed by atoms with van der Waals surface area (Å²) in [5, 5.41) is 2.28. The first kappa shape index (κ1) is 33.0. The summed E-state index contributed by atoms with van der Waals surface area (Å²) in [6, 6.07) is 81.2. The fraction of sp³-hybridized carbons (Fsp3) is 0.0182. The fourth-order valence-corrected chi connectivity index (χ4v) is 9.28. The summed E-state index contributed by atoms with van der Waals surface area (Å²) >= 11 is 0. The zero-order chi connectivity index (χ0) is 37.8. The highest BCUT2D eigenvalue weighted by atomic mass is 16.3. The standard InChI is InChI=1S/C55H37NO/c1-4-16-38(17-5-1)39-32-36-44(37-33-39)56(43-20-8-3-9-21-43)51-28-15-27-50-53(51)48-23-10-12-26-49(48)55(50,41-18-6-2-7-19-41)42-34-30-40(31-35-42)45-24-14-25-47-46-22-11-13-29-52(46)57-54(45)47/h1-37H. The van der Waals surface area contributed by atoms with Crippen LogP contribution in [0.2, 0.25) is 0 Å². The van der Waals surface area contributed by atoms with Gasteiger partial charge in [-0.05, 0) is 80.9 Å². The molecule has 0 saturated carbocycles. The lowest BCUT2D eigenvalue weighted by molar-refractivity contribution is 0.670. The van der Waals surface area contributed by atoms with Crippen molar-refractivity contribution in [2.75, 3.05) is 4.90 Å². The van der Waals surface area contributed by atoms with E-state index in [0.29, 0.717) is 0 Å². The van der Waals surface area contributed by atoms with Crippen LogP contribution in [0.25, 0.3) is 55.3 Å². The maximum absolute atomic E-state index is 6.48. The molecule has 0 radical (unpaired) electrons. The lowest BCUT2D eigenvalue weighted by Gasteiger charge is -2.34. The molecule has 0 N–H and O–H groups in total. The van der Waals surface area contributed by atoms with Crippen LogP contribution < -0.4 is 4.90 Å². The first-order valence-electron chi connectivity index (χ1n) is 19.6. The molecule has 1 unspecified atom stereocenters. The first-order chi connectivity index (χ1) is 28.3. The van der Waals surface area contributed by atoms with E-state index in [1.165, 1.54) is 44.5 Å². The molecule has 9 aromatic carbocycles. The minimum atomic E-state index is -0.563. The van der Waals surface area contributed by atoms with Crippen LogP contribution in [0.5, 0.6) is 0 Å². The molecule has 268 valence electrons. The van der Waals surface area contributed by atoms with Gasteiger partial charge in [-0.15, -0.1) is 0 Å². The SMILES string of the molecule is c1ccc(-c2ccc(N(c3ccccc3)c3cccc4c3-c3ccccc3C4(c3ccccc3)c3ccc(-c4cccc5c4oc4ccccc45)cc3)cc2)cc1. The Morgan fingerprint density at radius 1 is 0.351 bits per heavy atom. The summed E-state index contributed by atoms with van der Waals surface area (Å²) in [7, 11) is 0. The van der Waals surface area contributed by atoms with Crippen molar-refractivity contribution >= 4 is 39.0 Å². The van der Waals surface area contributed by atoms with Gasteiger partial charge in [0.15, 0.2) is 0 Å². The van der Waals surface area contributed by atoms with E-state index in [0.717, 1.165) is 50.1 Å². The van der Waals surface area contributed by atoms with Gasteiger partial charge in [0.25, 0.3) is 0 Å². The Bertz CT molecular complexity index is 3040. The van der Waals surface area contributed by atoms with Gasteiger partial charge in [0.05, 0.1) is 11.1 Å². The van der Waals surface area contributed by atoms with Crippen molar-refractivity contribution in [1.82, 2.24) is 0 Å². The summed E-state index contributed by atoms with van der Waals surface area (Å²) < 4.78 is 6.48. The second kappa shape index (κ2) is 13.4. The highest BCUT2D eigenvalue weighted by molar-refractivity contribution is 6.09. The zero-order valence-corrected chi connectivity index (χ0v) is 31.2. The number of benzene rings is 9. The van der Waals surface area contributed by atoms with Gasteiger partial charge in [-0.1, -0.05) is 188 Å². The summed E-state index contributed by atoms with van der Waals surface area (Å²) in [5.74, 6) is 0.